The standard InChI is InChI=1S/C19H19N3O3S/c1-5-25-19(24)17-10(2)8-16(26-17)22-18(23)13-6-7-14-15(9-13)21-12(4)11(3)20-14/h6-9H,5H2,1-4H3,(H,22,23). The molecule has 0 spiro atoms. The number of rotatable bonds is 4. The summed E-state index contributed by atoms with van der Waals surface area (Å²) in [6.45, 7) is 7.68. The first-order valence-electron chi connectivity index (χ1n) is 8.23. The number of hydrogen-bond donors (Lipinski definition) is 1. The Labute approximate surface area is 155 Å². The first-order valence-corrected chi connectivity index (χ1v) is 9.04. The number of anilines is 1. The molecular weight excluding hydrogens is 350 g/mol. The van der Waals surface area contributed by atoms with E-state index in [1.54, 1.807) is 31.2 Å². The van der Waals surface area contributed by atoms with Crippen LogP contribution in [0.25, 0.3) is 11.0 Å². The molecule has 134 valence electrons. The Morgan fingerprint density at radius 3 is 2.46 bits per heavy atom. The third-order valence-corrected chi connectivity index (χ3v) is 5.09. The van der Waals surface area contributed by atoms with Crippen LogP contribution in [0.4, 0.5) is 5.00 Å². The summed E-state index contributed by atoms with van der Waals surface area (Å²) in [7, 11) is 0. The number of fused-ring (bicyclic) bond motifs is 1. The van der Waals surface area contributed by atoms with Gasteiger partial charge in [-0.3, -0.25) is 4.79 Å². The van der Waals surface area contributed by atoms with Gasteiger partial charge in [0.05, 0.1) is 34.0 Å². The Bertz CT molecular complexity index is 1010. The minimum atomic E-state index is -0.373. The number of aryl methyl sites for hydroxylation is 3. The SMILES string of the molecule is CCOC(=O)c1sc(NC(=O)c2ccc3nc(C)c(C)nc3c2)cc1C. The molecule has 0 aliphatic heterocycles. The molecule has 26 heavy (non-hydrogen) atoms. The van der Waals surface area contributed by atoms with Gasteiger partial charge >= 0.3 is 5.97 Å². The van der Waals surface area contributed by atoms with Crippen LogP contribution in [0.2, 0.25) is 0 Å². The van der Waals surface area contributed by atoms with Crippen LogP contribution < -0.4 is 5.32 Å². The van der Waals surface area contributed by atoms with Gasteiger partial charge in [-0.2, -0.15) is 0 Å². The number of aromatic nitrogens is 2. The number of hydrogen-bond acceptors (Lipinski definition) is 6. The van der Waals surface area contributed by atoms with E-state index in [0.717, 1.165) is 22.5 Å². The van der Waals surface area contributed by atoms with Crippen LogP contribution in [-0.4, -0.2) is 28.5 Å². The zero-order chi connectivity index (χ0) is 18.8. The summed E-state index contributed by atoms with van der Waals surface area (Å²) < 4.78 is 5.02. The predicted molar refractivity (Wildman–Crippen MR) is 102 cm³/mol. The Hall–Kier alpha value is -2.80. The van der Waals surface area contributed by atoms with E-state index >= 15 is 0 Å². The van der Waals surface area contributed by atoms with Gasteiger partial charge in [-0.25, -0.2) is 14.8 Å². The average Bonchev–Trinajstić information content (AvgIpc) is 2.96. The fourth-order valence-corrected chi connectivity index (χ4v) is 3.46. The van der Waals surface area contributed by atoms with E-state index in [1.807, 2.05) is 20.8 Å². The Balaban J connectivity index is 1.84. The minimum absolute atomic E-state index is 0.261. The lowest BCUT2D eigenvalue weighted by atomic mass is 10.1. The van der Waals surface area contributed by atoms with Crippen LogP contribution in [0.5, 0.6) is 0 Å². The first kappa shape index (κ1) is 18.0. The molecule has 0 saturated heterocycles. The molecule has 0 atom stereocenters. The Morgan fingerprint density at radius 2 is 1.77 bits per heavy atom. The van der Waals surface area contributed by atoms with Crippen LogP contribution in [-0.2, 0) is 4.74 Å². The minimum Gasteiger partial charge on any atom is -0.462 e. The van der Waals surface area contributed by atoms with Crippen molar-refractivity contribution in [1.29, 1.82) is 0 Å². The van der Waals surface area contributed by atoms with E-state index < -0.39 is 0 Å². The molecule has 1 amide bonds. The number of ether oxygens (including phenoxy) is 1. The number of nitrogens with zero attached hydrogens (tertiary/aromatic N) is 2. The van der Waals surface area contributed by atoms with Crippen molar-refractivity contribution in [3.8, 4) is 0 Å². The van der Waals surface area contributed by atoms with Crippen molar-refractivity contribution in [2.45, 2.75) is 27.7 Å². The van der Waals surface area contributed by atoms with Crippen molar-refractivity contribution in [2.24, 2.45) is 0 Å². The highest BCUT2D eigenvalue weighted by molar-refractivity contribution is 7.18. The first-order chi connectivity index (χ1) is 12.4. The maximum atomic E-state index is 12.6. The van der Waals surface area contributed by atoms with Gasteiger partial charge in [-0.1, -0.05) is 0 Å². The third kappa shape index (κ3) is 3.57. The van der Waals surface area contributed by atoms with Gasteiger partial charge in [0.25, 0.3) is 5.91 Å². The summed E-state index contributed by atoms with van der Waals surface area (Å²) in [6.07, 6.45) is 0. The molecule has 1 aromatic carbocycles. The number of esters is 1. The van der Waals surface area contributed by atoms with Crippen molar-refractivity contribution in [2.75, 3.05) is 11.9 Å². The van der Waals surface area contributed by atoms with Gasteiger partial charge in [0.1, 0.15) is 4.88 Å². The van der Waals surface area contributed by atoms with E-state index in [9.17, 15) is 9.59 Å². The molecular formula is C19H19N3O3S. The van der Waals surface area contributed by atoms with Gasteiger partial charge in [0.2, 0.25) is 0 Å². The van der Waals surface area contributed by atoms with Crippen molar-refractivity contribution in [3.63, 3.8) is 0 Å². The predicted octanol–water partition coefficient (Wildman–Crippen LogP) is 4.05. The highest BCUT2D eigenvalue weighted by Gasteiger charge is 2.16. The fraction of sp³-hybridized carbons (Fsp3) is 0.263. The lowest BCUT2D eigenvalue weighted by molar-refractivity contribution is 0.0531. The van der Waals surface area contributed by atoms with Crippen LogP contribution >= 0.6 is 11.3 Å². The summed E-state index contributed by atoms with van der Waals surface area (Å²) in [6, 6.07) is 6.99. The second kappa shape index (κ2) is 7.21. The van der Waals surface area contributed by atoms with Crippen LogP contribution in [0.3, 0.4) is 0 Å². The maximum absolute atomic E-state index is 12.6. The summed E-state index contributed by atoms with van der Waals surface area (Å²) in [4.78, 5) is 33.9. The molecule has 3 aromatic rings. The van der Waals surface area contributed by atoms with E-state index in [0.29, 0.717) is 27.6 Å². The molecule has 0 unspecified atom stereocenters. The molecule has 3 rings (SSSR count). The fourth-order valence-electron chi connectivity index (χ4n) is 2.50. The second-order valence-electron chi connectivity index (χ2n) is 5.90. The summed E-state index contributed by atoms with van der Waals surface area (Å²) in [5, 5.41) is 3.43. The lowest BCUT2D eigenvalue weighted by Crippen LogP contribution is -2.11. The largest absolute Gasteiger partial charge is 0.462 e. The van der Waals surface area contributed by atoms with Crippen molar-refractivity contribution in [1.82, 2.24) is 9.97 Å². The summed E-state index contributed by atoms with van der Waals surface area (Å²) in [5.74, 6) is -0.633. The Kier molecular flexibility index (Phi) is 4.99. The molecule has 0 aliphatic rings. The third-order valence-electron chi connectivity index (χ3n) is 3.95. The normalized spacial score (nSPS) is 10.8. The molecule has 0 fully saturated rings. The molecule has 7 heteroatoms. The number of carbonyl (C=O) groups excluding carboxylic acids is 2. The molecule has 0 bridgehead atoms. The van der Waals surface area contributed by atoms with E-state index in [-0.39, 0.29) is 11.9 Å². The van der Waals surface area contributed by atoms with Crippen LogP contribution in [0.1, 0.15) is 43.9 Å². The number of amides is 1. The molecule has 0 aliphatic carbocycles. The molecule has 6 nitrogen and oxygen atoms in total. The summed E-state index contributed by atoms with van der Waals surface area (Å²) in [5.41, 5.74) is 4.40. The number of nitrogens with one attached hydrogen (secondary N) is 1. The van der Waals surface area contributed by atoms with Gasteiger partial charge in [-0.05, 0) is 57.5 Å². The topological polar surface area (TPSA) is 81.2 Å². The van der Waals surface area contributed by atoms with E-state index in [1.165, 1.54) is 11.3 Å². The number of benzene rings is 1. The second-order valence-corrected chi connectivity index (χ2v) is 6.95. The van der Waals surface area contributed by atoms with Crippen molar-refractivity contribution < 1.29 is 14.3 Å². The van der Waals surface area contributed by atoms with Gasteiger partial charge in [-0.15, -0.1) is 11.3 Å². The van der Waals surface area contributed by atoms with Crippen molar-refractivity contribution >= 4 is 39.2 Å². The Morgan fingerprint density at radius 1 is 1.08 bits per heavy atom. The van der Waals surface area contributed by atoms with Gasteiger partial charge in [0.15, 0.2) is 0 Å². The zero-order valence-electron chi connectivity index (χ0n) is 15.0. The van der Waals surface area contributed by atoms with E-state index in [4.69, 9.17) is 4.74 Å². The van der Waals surface area contributed by atoms with Crippen LogP contribution in [0, 0.1) is 20.8 Å². The highest BCUT2D eigenvalue weighted by Crippen LogP contribution is 2.28. The molecule has 1 N–H and O–H groups in total. The smallest absolute Gasteiger partial charge is 0.348 e. The van der Waals surface area contributed by atoms with Crippen molar-refractivity contribution in [3.05, 3.63) is 51.7 Å². The molecule has 2 aromatic heterocycles. The van der Waals surface area contributed by atoms with Gasteiger partial charge in [0, 0.05) is 5.56 Å². The van der Waals surface area contributed by atoms with Crippen LogP contribution in [0.15, 0.2) is 24.3 Å². The quantitative estimate of drug-likeness (QED) is 0.702. The summed E-state index contributed by atoms with van der Waals surface area (Å²) >= 11 is 1.20. The maximum Gasteiger partial charge on any atom is 0.348 e. The molecule has 0 radical (unpaired) electrons. The number of thiophene rings is 1. The zero-order valence-corrected chi connectivity index (χ0v) is 15.9. The molecule has 2 heterocycles. The number of carbonyl (C=O) groups is 2. The monoisotopic (exact) mass is 369 g/mol. The average molecular weight is 369 g/mol. The highest BCUT2D eigenvalue weighted by atomic mass is 32.1. The lowest BCUT2D eigenvalue weighted by Gasteiger charge is -2.06. The van der Waals surface area contributed by atoms with Gasteiger partial charge < -0.3 is 10.1 Å². The molecule has 0 saturated carbocycles. The van der Waals surface area contributed by atoms with E-state index in [2.05, 4.69) is 15.3 Å².